The highest BCUT2D eigenvalue weighted by molar-refractivity contribution is 6.01. The molecule has 5 N–H and O–H groups in total. The lowest BCUT2D eigenvalue weighted by atomic mass is 9.98. The first-order chi connectivity index (χ1) is 19.8. The minimum atomic E-state index is -1.23. The highest BCUT2D eigenvalue weighted by Crippen LogP contribution is 2.40. The molecule has 222 valence electrons. The number of primary amides is 1. The Bertz CT molecular complexity index is 1490. The molecule has 2 atom stereocenters. The van der Waals surface area contributed by atoms with Crippen LogP contribution >= 0.6 is 0 Å². The largest absolute Gasteiger partial charge is 0.507 e. The summed E-state index contributed by atoms with van der Waals surface area (Å²) < 4.78 is 5.37. The molecule has 10 heteroatoms. The van der Waals surface area contributed by atoms with Crippen molar-refractivity contribution < 1.29 is 29.0 Å². The van der Waals surface area contributed by atoms with Crippen LogP contribution < -0.4 is 16.4 Å². The molecule has 0 spiro atoms. The Balaban J connectivity index is 1.73. The van der Waals surface area contributed by atoms with Gasteiger partial charge in [-0.15, -0.1) is 0 Å². The first-order valence-corrected chi connectivity index (χ1v) is 14.0. The Morgan fingerprint density at radius 2 is 1.71 bits per heavy atom. The van der Waals surface area contributed by atoms with E-state index in [1.807, 2.05) is 36.4 Å². The number of phenolic OH excluding ortho intramolecular Hbond substituents is 1. The van der Waals surface area contributed by atoms with Crippen molar-refractivity contribution in [3.05, 3.63) is 71.8 Å². The lowest BCUT2D eigenvalue weighted by Gasteiger charge is -2.35. The van der Waals surface area contributed by atoms with E-state index in [1.54, 1.807) is 52.0 Å². The van der Waals surface area contributed by atoms with Crippen molar-refractivity contribution in [2.75, 3.05) is 5.32 Å². The van der Waals surface area contributed by atoms with Gasteiger partial charge in [0.05, 0.1) is 0 Å². The van der Waals surface area contributed by atoms with E-state index < -0.39 is 41.5 Å². The van der Waals surface area contributed by atoms with Gasteiger partial charge in [-0.2, -0.15) is 0 Å². The van der Waals surface area contributed by atoms with Crippen LogP contribution in [0.15, 0.2) is 60.7 Å². The van der Waals surface area contributed by atoms with E-state index in [0.29, 0.717) is 24.1 Å². The van der Waals surface area contributed by atoms with Crippen LogP contribution in [0, 0.1) is 6.92 Å². The molecule has 1 aliphatic carbocycles. The third-order valence-corrected chi connectivity index (χ3v) is 6.97. The molecule has 1 aliphatic rings. The van der Waals surface area contributed by atoms with Crippen LogP contribution in [-0.4, -0.2) is 51.5 Å². The van der Waals surface area contributed by atoms with Crippen molar-refractivity contribution in [3.8, 4) is 5.75 Å². The summed E-state index contributed by atoms with van der Waals surface area (Å²) in [4.78, 5) is 54.1. The molecule has 2 unspecified atom stereocenters. The minimum absolute atomic E-state index is 0.0879. The van der Waals surface area contributed by atoms with Gasteiger partial charge in [0.15, 0.2) is 0 Å². The first kappa shape index (κ1) is 30.4. The molecule has 42 heavy (non-hydrogen) atoms. The maximum atomic E-state index is 14.2. The number of fused-ring (bicyclic) bond motifs is 1. The van der Waals surface area contributed by atoms with Crippen LogP contribution in [0.2, 0.25) is 0 Å². The number of hydrogen-bond acceptors (Lipinski definition) is 6. The van der Waals surface area contributed by atoms with Crippen molar-refractivity contribution in [3.63, 3.8) is 0 Å². The summed E-state index contributed by atoms with van der Waals surface area (Å²) >= 11 is 0. The van der Waals surface area contributed by atoms with Gasteiger partial charge < -0.3 is 31.1 Å². The Labute approximate surface area is 245 Å². The average molecular weight is 575 g/mol. The van der Waals surface area contributed by atoms with E-state index in [-0.39, 0.29) is 30.2 Å². The summed E-state index contributed by atoms with van der Waals surface area (Å²) in [6.07, 6.45) is 0.167. The quantitative estimate of drug-likeness (QED) is 0.276. The van der Waals surface area contributed by atoms with Gasteiger partial charge in [-0.25, -0.2) is 4.79 Å². The third-order valence-electron chi connectivity index (χ3n) is 6.97. The molecule has 0 bridgehead atoms. The number of nitrogens with zero attached hydrogens (tertiary/aromatic N) is 1. The Morgan fingerprint density at radius 1 is 1.02 bits per heavy atom. The number of hydrogen-bond donors (Lipinski definition) is 4. The molecule has 3 aromatic carbocycles. The average Bonchev–Trinajstić information content (AvgIpc) is 3.75. The molecule has 0 heterocycles. The van der Waals surface area contributed by atoms with Gasteiger partial charge >= 0.3 is 6.09 Å². The predicted octanol–water partition coefficient (Wildman–Crippen LogP) is 4.68. The molecule has 3 aromatic rings. The molecular weight excluding hydrogens is 536 g/mol. The van der Waals surface area contributed by atoms with Gasteiger partial charge in [0, 0.05) is 23.7 Å². The maximum absolute atomic E-state index is 14.2. The van der Waals surface area contributed by atoms with Crippen LogP contribution in [0.3, 0.4) is 0 Å². The molecule has 0 aliphatic heterocycles. The van der Waals surface area contributed by atoms with Crippen LogP contribution in [0.5, 0.6) is 5.75 Å². The Hall–Kier alpha value is -4.60. The number of anilines is 1. The van der Waals surface area contributed by atoms with E-state index in [0.717, 1.165) is 10.8 Å². The lowest BCUT2D eigenvalue weighted by molar-refractivity contribution is -0.141. The summed E-state index contributed by atoms with van der Waals surface area (Å²) in [6.45, 7) is 6.78. The number of ether oxygens (including phenoxy) is 1. The van der Waals surface area contributed by atoms with Crippen LogP contribution in [0.1, 0.15) is 63.6 Å². The van der Waals surface area contributed by atoms with Crippen molar-refractivity contribution in [1.29, 1.82) is 0 Å². The number of aryl methyl sites for hydroxylation is 1. The van der Waals surface area contributed by atoms with E-state index in [1.165, 1.54) is 4.90 Å². The summed E-state index contributed by atoms with van der Waals surface area (Å²) in [6, 6.07) is 15.5. The zero-order chi connectivity index (χ0) is 30.6. The maximum Gasteiger partial charge on any atom is 0.408 e. The molecule has 4 amide bonds. The van der Waals surface area contributed by atoms with Crippen molar-refractivity contribution in [2.24, 2.45) is 5.73 Å². The van der Waals surface area contributed by atoms with E-state index in [9.17, 15) is 24.3 Å². The van der Waals surface area contributed by atoms with Crippen LogP contribution in [-0.2, 0) is 19.1 Å². The number of carbonyl (C=O) groups excluding carboxylic acids is 4. The van der Waals surface area contributed by atoms with Crippen molar-refractivity contribution in [1.82, 2.24) is 10.2 Å². The zero-order valence-corrected chi connectivity index (χ0v) is 24.3. The van der Waals surface area contributed by atoms with Gasteiger partial charge in [-0.05, 0) is 75.4 Å². The topological polar surface area (TPSA) is 151 Å². The highest BCUT2D eigenvalue weighted by atomic mass is 16.6. The lowest BCUT2D eigenvalue weighted by Crippen LogP contribution is -2.53. The van der Waals surface area contributed by atoms with E-state index in [4.69, 9.17) is 10.5 Å². The fourth-order valence-corrected chi connectivity index (χ4v) is 4.84. The number of nitrogens with two attached hydrogens (primary N) is 1. The zero-order valence-electron chi connectivity index (χ0n) is 24.3. The van der Waals surface area contributed by atoms with Gasteiger partial charge in [0.2, 0.25) is 11.8 Å². The SMILES string of the molecule is Cc1cccc(C(C(=O)Nc2ccc3ccccc3c2)N(C(=O)C(CCC(N)=O)NC(=O)OC(C)(C)C)C2CC2)c1O. The Morgan fingerprint density at radius 3 is 2.36 bits per heavy atom. The third kappa shape index (κ3) is 7.57. The molecule has 10 nitrogen and oxygen atoms in total. The molecular formula is C32H38N4O6. The van der Waals surface area contributed by atoms with Crippen molar-refractivity contribution >= 4 is 40.3 Å². The second-order valence-electron chi connectivity index (χ2n) is 11.6. The summed E-state index contributed by atoms with van der Waals surface area (Å²) in [5.41, 5.74) is 5.86. The van der Waals surface area contributed by atoms with E-state index in [2.05, 4.69) is 10.6 Å². The smallest absolute Gasteiger partial charge is 0.408 e. The number of rotatable bonds is 10. The van der Waals surface area contributed by atoms with Crippen LogP contribution in [0.4, 0.5) is 10.5 Å². The predicted molar refractivity (Wildman–Crippen MR) is 160 cm³/mol. The second kappa shape index (κ2) is 12.5. The second-order valence-corrected chi connectivity index (χ2v) is 11.6. The number of aromatic hydroxyl groups is 1. The number of nitrogens with one attached hydrogen (secondary N) is 2. The number of phenols is 1. The molecule has 0 aromatic heterocycles. The standard InChI is InChI=1S/C32H38N4O6/c1-19-8-7-11-24(28(19)38)27(29(39)34-22-13-12-20-9-5-6-10-21(20)18-22)36(23-14-15-23)30(40)25(16-17-26(33)37)35-31(41)42-32(2,3)4/h5-13,18,23,25,27,38H,14-17H2,1-4H3,(H2,33,37)(H,34,39)(H,35,41). The molecule has 0 saturated heterocycles. The number of carbonyl (C=O) groups is 4. The fourth-order valence-electron chi connectivity index (χ4n) is 4.84. The molecule has 4 rings (SSSR count). The van der Waals surface area contributed by atoms with Gasteiger partial charge in [-0.1, -0.05) is 48.5 Å². The number of amides is 4. The minimum Gasteiger partial charge on any atom is -0.507 e. The summed E-state index contributed by atoms with van der Waals surface area (Å²) in [5, 5.41) is 18.5. The number of alkyl carbamates (subject to hydrolysis) is 1. The Kier molecular flexibility index (Phi) is 9.04. The fraction of sp³-hybridized carbons (Fsp3) is 0.375. The van der Waals surface area contributed by atoms with Gasteiger partial charge in [0.25, 0.3) is 5.91 Å². The van der Waals surface area contributed by atoms with Crippen LogP contribution in [0.25, 0.3) is 10.8 Å². The van der Waals surface area contributed by atoms with Gasteiger partial charge in [0.1, 0.15) is 23.4 Å². The van der Waals surface area contributed by atoms with E-state index >= 15 is 0 Å². The normalized spacial score (nSPS) is 14.5. The monoisotopic (exact) mass is 574 g/mol. The molecule has 1 saturated carbocycles. The number of benzene rings is 3. The van der Waals surface area contributed by atoms with Crippen molar-refractivity contribution in [2.45, 2.75) is 77.1 Å². The first-order valence-electron chi connectivity index (χ1n) is 14.0. The summed E-state index contributed by atoms with van der Waals surface area (Å²) in [7, 11) is 0. The number of para-hydroxylation sites is 1. The van der Waals surface area contributed by atoms with Gasteiger partial charge in [-0.3, -0.25) is 14.4 Å². The summed E-state index contributed by atoms with van der Waals surface area (Å²) in [5.74, 6) is -1.86. The highest BCUT2D eigenvalue weighted by Gasteiger charge is 2.45. The molecule has 1 fully saturated rings. The molecule has 0 radical (unpaired) electrons.